The Hall–Kier alpha value is -3.00. The van der Waals surface area contributed by atoms with E-state index in [-0.39, 0.29) is 24.2 Å². The van der Waals surface area contributed by atoms with Crippen LogP contribution in [0, 0.1) is 0 Å². The number of carbonyl (C=O) groups is 2. The van der Waals surface area contributed by atoms with Crippen LogP contribution in [-0.2, 0) is 11.3 Å². The van der Waals surface area contributed by atoms with Gasteiger partial charge in [0.05, 0.1) is 6.54 Å². The second-order valence-corrected chi connectivity index (χ2v) is 6.45. The summed E-state index contributed by atoms with van der Waals surface area (Å²) in [5, 5.41) is 13.3. The maximum Gasteiger partial charge on any atom is 0.252 e. The van der Waals surface area contributed by atoms with E-state index in [9.17, 15) is 9.59 Å². The van der Waals surface area contributed by atoms with Crippen LogP contribution in [0.2, 0.25) is 0 Å². The van der Waals surface area contributed by atoms with Crippen molar-refractivity contribution in [2.24, 2.45) is 0 Å². The van der Waals surface area contributed by atoms with Gasteiger partial charge in [-0.25, -0.2) is 9.67 Å². The highest BCUT2D eigenvalue weighted by atomic mass is 32.1. The molecule has 0 atom stereocenters. The first-order valence-corrected chi connectivity index (χ1v) is 9.18. The third-order valence-corrected chi connectivity index (χ3v) is 4.31. The average Bonchev–Trinajstić information content (AvgIpc) is 3.32. The third-order valence-electron chi connectivity index (χ3n) is 3.62. The number of aromatic nitrogens is 3. The van der Waals surface area contributed by atoms with Crippen LogP contribution in [0.4, 0.5) is 5.95 Å². The molecule has 3 rings (SSSR count). The Kier molecular flexibility index (Phi) is 6.10. The Morgan fingerprint density at radius 3 is 2.77 bits per heavy atom. The number of benzene rings is 1. The van der Waals surface area contributed by atoms with E-state index in [2.05, 4.69) is 20.7 Å². The van der Waals surface area contributed by atoms with Gasteiger partial charge < -0.3 is 5.32 Å². The minimum absolute atomic E-state index is 0.118. The van der Waals surface area contributed by atoms with E-state index in [0.29, 0.717) is 25.1 Å². The summed E-state index contributed by atoms with van der Waals surface area (Å²) in [5.74, 6) is -0.00605. The van der Waals surface area contributed by atoms with Gasteiger partial charge in [-0.15, -0.1) is 5.10 Å². The number of hydrogen-bond acceptors (Lipinski definition) is 5. The van der Waals surface area contributed by atoms with Crippen LogP contribution in [0.1, 0.15) is 28.8 Å². The molecular formula is C18H19N5O2S. The highest BCUT2D eigenvalue weighted by Gasteiger charge is 2.08. The van der Waals surface area contributed by atoms with E-state index in [0.717, 1.165) is 5.56 Å². The van der Waals surface area contributed by atoms with E-state index >= 15 is 0 Å². The van der Waals surface area contributed by atoms with Crippen molar-refractivity contribution < 1.29 is 9.59 Å². The molecule has 0 aliphatic carbocycles. The van der Waals surface area contributed by atoms with Gasteiger partial charge in [0.25, 0.3) is 5.91 Å². The first kappa shape index (κ1) is 17.8. The topological polar surface area (TPSA) is 88.9 Å². The van der Waals surface area contributed by atoms with E-state index in [1.165, 1.54) is 11.3 Å². The first-order chi connectivity index (χ1) is 12.7. The van der Waals surface area contributed by atoms with Gasteiger partial charge in [0, 0.05) is 23.9 Å². The fourth-order valence-electron chi connectivity index (χ4n) is 2.33. The lowest BCUT2D eigenvalue weighted by Gasteiger charge is -2.04. The number of hydrogen-bond donors (Lipinski definition) is 2. The molecule has 2 heterocycles. The van der Waals surface area contributed by atoms with Crippen molar-refractivity contribution in [1.82, 2.24) is 20.1 Å². The van der Waals surface area contributed by atoms with E-state index in [4.69, 9.17) is 0 Å². The van der Waals surface area contributed by atoms with Gasteiger partial charge >= 0.3 is 0 Å². The van der Waals surface area contributed by atoms with Crippen LogP contribution < -0.4 is 10.6 Å². The second kappa shape index (κ2) is 8.91. The molecule has 0 aliphatic rings. The van der Waals surface area contributed by atoms with Gasteiger partial charge in [0.2, 0.25) is 11.9 Å². The Bertz CT molecular complexity index is 846. The predicted octanol–water partition coefficient (Wildman–Crippen LogP) is 2.54. The number of thiophene rings is 1. The molecule has 0 saturated heterocycles. The van der Waals surface area contributed by atoms with E-state index < -0.39 is 0 Å². The highest BCUT2D eigenvalue weighted by molar-refractivity contribution is 7.08. The minimum atomic E-state index is -0.174. The highest BCUT2D eigenvalue weighted by Crippen LogP contribution is 2.06. The van der Waals surface area contributed by atoms with Crippen LogP contribution in [-0.4, -0.2) is 33.1 Å². The van der Waals surface area contributed by atoms with Gasteiger partial charge in [-0.1, -0.05) is 30.3 Å². The molecule has 0 radical (unpaired) electrons. The summed E-state index contributed by atoms with van der Waals surface area (Å²) >= 11 is 1.47. The van der Waals surface area contributed by atoms with E-state index in [1.807, 2.05) is 35.7 Å². The molecule has 0 spiro atoms. The van der Waals surface area contributed by atoms with Gasteiger partial charge in [0.1, 0.15) is 6.33 Å². The lowest BCUT2D eigenvalue weighted by Crippen LogP contribution is -2.25. The van der Waals surface area contributed by atoms with Crippen molar-refractivity contribution in [2.45, 2.75) is 19.4 Å². The molecule has 0 saturated carbocycles. The first-order valence-electron chi connectivity index (χ1n) is 8.24. The zero-order chi connectivity index (χ0) is 18.2. The summed E-state index contributed by atoms with van der Waals surface area (Å²) in [4.78, 5) is 27.8. The summed E-state index contributed by atoms with van der Waals surface area (Å²) in [6.07, 6.45) is 2.42. The fraction of sp³-hybridized carbons (Fsp3) is 0.222. The van der Waals surface area contributed by atoms with Crippen molar-refractivity contribution >= 4 is 29.1 Å². The number of rotatable bonds is 8. The van der Waals surface area contributed by atoms with Crippen molar-refractivity contribution in [3.05, 3.63) is 64.6 Å². The molecule has 2 aromatic heterocycles. The lowest BCUT2D eigenvalue weighted by atomic mass is 10.2. The molecule has 7 nitrogen and oxygen atoms in total. The Morgan fingerprint density at radius 1 is 1.15 bits per heavy atom. The monoisotopic (exact) mass is 369 g/mol. The zero-order valence-electron chi connectivity index (χ0n) is 14.1. The maximum atomic E-state index is 11.9. The predicted molar refractivity (Wildman–Crippen MR) is 100 cm³/mol. The van der Waals surface area contributed by atoms with Crippen molar-refractivity contribution in [3.63, 3.8) is 0 Å². The molecule has 0 aliphatic heterocycles. The van der Waals surface area contributed by atoms with Crippen LogP contribution in [0.15, 0.2) is 53.5 Å². The largest absolute Gasteiger partial charge is 0.352 e. The molecular weight excluding hydrogens is 350 g/mol. The molecule has 3 aromatic rings. The summed E-state index contributed by atoms with van der Waals surface area (Å²) < 4.78 is 1.67. The van der Waals surface area contributed by atoms with Crippen LogP contribution in [0.3, 0.4) is 0 Å². The number of amides is 2. The Balaban J connectivity index is 1.38. The molecule has 1 aromatic carbocycles. The molecule has 134 valence electrons. The number of anilines is 1. The van der Waals surface area contributed by atoms with Gasteiger partial charge in [0.15, 0.2) is 0 Å². The summed E-state index contributed by atoms with van der Waals surface area (Å²) in [5.41, 5.74) is 1.75. The van der Waals surface area contributed by atoms with Gasteiger partial charge in [-0.3, -0.25) is 14.9 Å². The molecule has 2 amide bonds. The van der Waals surface area contributed by atoms with Crippen LogP contribution >= 0.6 is 11.3 Å². The molecule has 26 heavy (non-hydrogen) atoms. The van der Waals surface area contributed by atoms with Crippen molar-refractivity contribution in [2.75, 3.05) is 11.9 Å². The quantitative estimate of drug-likeness (QED) is 0.597. The zero-order valence-corrected chi connectivity index (χ0v) is 14.9. The molecule has 8 heteroatoms. The normalized spacial score (nSPS) is 10.5. The third kappa shape index (κ3) is 5.25. The second-order valence-electron chi connectivity index (χ2n) is 5.67. The molecule has 0 unspecified atom stereocenters. The minimum Gasteiger partial charge on any atom is -0.352 e. The standard InChI is InChI=1S/C18H19N5O2S/c24-16(7-4-9-19-17(25)15-8-10-26-12-15)21-18-20-13-23(22-18)11-14-5-2-1-3-6-14/h1-3,5-6,8,10,12-13H,4,7,9,11H2,(H,19,25)(H,21,22,24). The summed E-state index contributed by atoms with van der Waals surface area (Å²) in [7, 11) is 0. The van der Waals surface area contributed by atoms with Crippen LogP contribution in [0.25, 0.3) is 0 Å². The number of nitrogens with one attached hydrogen (secondary N) is 2. The lowest BCUT2D eigenvalue weighted by molar-refractivity contribution is -0.116. The molecule has 0 fully saturated rings. The SMILES string of the molecule is O=C(CCCNC(=O)c1ccsc1)Nc1ncn(Cc2ccccc2)n1. The molecule has 2 N–H and O–H groups in total. The maximum absolute atomic E-state index is 11.9. The molecule has 0 bridgehead atoms. The number of carbonyl (C=O) groups excluding carboxylic acids is 2. The van der Waals surface area contributed by atoms with Crippen molar-refractivity contribution in [3.8, 4) is 0 Å². The van der Waals surface area contributed by atoms with Crippen molar-refractivity contribution in [1.29, 1.82) is 0 Å². The Labute approximate surface area is 155 Å². The number of nitrogens with zero attached hydrogens (tertiary/aromatic N) is 3. The van der Waals surface area contributed by atoms with Gasteiger partial charge in [-0.05, 0) is 23.4 Å². The Morgan fingerprint density at radius 2 is 2.00 bits per heavy atom. The summed E-state index contributed by atoms with van der Waals surface area (Å²) in [6.45, 7) is 1.04. The van der Waals surface area contributed by atoms with E-state index in [1.54, 1.807) is 22.5 Å². The fourth-order valence-corrected chi connectivity index (χ4v) is 2.97. The average molecular weight is 369 g/mol. The van der Waals surface area contributed by atoms with Gasteiger partial charge in [-0.2, -0.15) is 11.3 Å². The smallest absolute Gasteiger partial charge is 0.252 e. The van der Waals surface area contributed by atoms with Crippen LogP contribution in [0.5, 0.6) is 0 Å². The summed E-state index contributed by atoms with van der Waals surface area (Å²) in [6, 6.07) is 11.7.